The number of amidine groups is 1. The molecule has 0 saturated heterocycles. The lowest BCUT2D eigenvalue weighted by molar-refractivity contribution is -0.137. The first kappa shape index (κ1) is 26.6. The van der Waals surface area contributed by atoms with E-state index in [4.69, 9.17) is 10.6 Å². The van der Waals surface area contributed by atoms with E-state index in [1.807, 2.05) is 27.7 Å². The van der Waals surface area contributed by atoms with Crippen LogP contribution in [0.5, 0.6) is 5.75 Å². The van der Waals surface area contributed by atoms with Crippen LogP contribution in [0.3, 0.4) is 0 Å². The minimum atomic E-state index is -4.64. The van der Waals surface area contributed by atoms with Crippen molar-refractivity contribution in [1.82, 2.24) is 9.78 Å². The molecule has 1 heterocycles. The monoisotopic (exact) mass is 485 g/mol. The lowest BCUT2D eigenvalue weighted by atomic mass is 9.98. The van der Waals surface area contributed by atoms with Crippen molar-refractivity contribution < 1.29 is 22.8 Å². The Hall–Kier alpha value is -2.69. The molecule has 2 rings (SSSR count). The van der Waals surface area contributed by atoms with Crippen LogP contribution in [-0.2, 0) is 18.1 Å². The van der Waals surface area contributed by atoms with Gasteiger partial charge in [-0.15, -0.1) is 0 Å². The molecule has 0 bridgehead atoms. The normalized spacial score (nSPS) is 13.6. The van der Waals surface area contributed by atoms with Crippen LogP contribution >= 0.6 is 11.3 Å². The standard InChI is InChI=1S/C22H30F3N5O2S/c1-7-8-11-30-20(33-19(28-30)21(4,5)6)27-18(31)15-12-14(22(23,24)25)9-10-16(15)32-29-17(26)13(2)3/h9-10,12-13H,7-8,11H2,1-6H3,(H2,26,29). The number of nitrogens with zero attached hydrogens (tertiary/aromatic N) is 4. The van der Waals surface area contributed by atoms with Crippen molar-refractivity contribution >= 4 is 23.1 Å². The fourth-order valence-electron chi connectivity index (χ4n) is 2.46. The topological polar surface area (TPSA) is 94.9 Å². The molecule has 0 aliphatic carbocycles. The third-order valence-corrected chi connectivity index (χ3v) is 5.93. The van der Waals surface area contributed by atoms with Crippen molar-refractivity contribution in [2.45, 2.75) is 72.5 Å². The fraction of sp³-hybridized carbons (Fsp3) is 0.545. The lowest BCUT2D eigenvalue weighted by Gasteiger charge is -2.12. The molecule has 0 unspecified atom stereocenters. The maximum Gasteiger partial charge on any atom is 0.416 e. The van der Waals surface area contributed by atoms with Crippen LogP contribution < -0.4 is 15.4 Å². The third-order valence-electron chi connectivity index (χ3n) is 4.56. The second-order valence-corrected chi connectivity index (χ2v) is 9.86. The summed E-state index contributed by atoms with van der Waals surface area (Å²) < 4.78 is 41.5. The van der Waals surface area contributed by atoms with Crippen LogP contribution in [0, 0.1) is 5.92 Å². The summed E-state index contributed by atoms with van der Waals surface area (Å²) in [5.74, 6) is -1.06. The number of oxime groups is 1. The lowest BCUT2D eigenvalue weighted by Crippen LogP contribution is -2.20. The minimum Gasteiger partial charge on any atom is -0.384 e. The Morgan fingerprint density at radius 2 is 1.94 bits per heavy atom. The molecule has 2 N–H and O–H groups in total. The second-order valence-electron chi connectivity index (χ2n) is 8.90. The van der Waals surface area contributed by atoms with E-state index in [2.05, 4.69) is 15.2 Å². The van der Waals surface area contributed by atoms with Crippen LogP contribution in [-0.4, -0.2) is 21.5 Å². The number of carbonyl (C=O) groups is 1. The Balaban J connectivity index is 2.60. The summed E-state index contributed by atoms with van der Waals surface area (Å²) in [4.78, 5) is 22.7. The van der Waals surface area contributed by atoms with Crippen LogP contribution in [0.15, 0.2) is 28.3 Å². The fourth-order valence-corrected chi connectivity index (χ4v) is 3.44. The number of unbranched alkanes of at least 4 members (excludes halogenated alkanes) is 1. The number of nitrogens with two attached hydrogens (primary N) is 1. The predicted molar refractivity (Wildman–Crippen MR) is 122 cm³/mol. The summed E-state index contributed by atoms with van der Waals surface area (Å²) in [7, 11) is 0. The number of hydrogen-bond acceptors (Lipinski definition) is 5. The minimum absolute atomic E-state index is 0.139. The highest BCUT2D eigenvalue weighted by Gasteiger charge is 2.32. The number of rotatable bonds is 7. The molecule has 1 amide bonds. The van der Waals surface area contributed by atoms with E-state index in [1.165, 1.54) is 11.3 Å². The summed E-state index contributed by atoms with van der Waals surface area (Å²) in [6.07, 6.45) is -2.92. The molecule has 1 aromatic heterocycles. The van der Waals surface area contributed by atoms with Gasteiger partial charge < -0.3 is 10.6 Å². The molecule has 0 fully saturated rings. The zero-order valence-corrected chi connectivity index (χ0v) is 20.5. The van der Waals surface area contributed by atoms with E-state index in [0.717, 1.165) is 30.0 Å². The third kappa shape index (κ3) is 7.15. The molecule has 11 heteroatoms. The molecule has 7 nitrogen and oxygen atoms in total. The number of hydrogen-bond donors (Lipinski definition) is 1. The van der Waals surface area contributed by atoms with Crippen molar-refractivity contribution in [3.05, 3.63) is 39.1 Å². The Bertz CT molecular complexity index is 1080. The molecule has 33 heavy (non-hydrogen) atoms. The number of benzene rings is 1. The first-order valence-corrected chi connectivity index (χ1v) is 11.4. The molecular weight excluding hydrogens is 455 g/mol. The van der Waals surface area contributed by atoms with Gasteiger partial charge in [-0.3, -0.25) is 4.79 Å². The van der Waals surface area contributed by atoms with E-state index in [0.29, 0.717) is 17.4 Å². The molecule has 0 radical (unpaired) electrons. The first-order chi connectivity index (χ1) is 15.2. The van der Waals surface area contributed by atoms with E-state index in [1.54, 1.807) is 18.5 Å². The molecule has 182 valence electrons. The Morgan fingerprint density at radius 1 is 1.27 bits per heavy atom. The van der Waals surface area contributed by atoms with Crippen LogP contribution in [0.1, 0.15) is 75.3 Å². The number of alkyl halides is 3. The van der Waals surface area contributed by atoms with Gasteiger partial charge >= 0.3 is 6.18 Å². The van der Waals surface area contributed by atoms with Gasteiger partial charge in [0, 0.05) is 17.9 Å². The number of amides is 1. The summed E-state index contributed by atoms with van der Waals surface area (Å²) in [5.41, 5.74) is 4.12. The predicted octanol–water partition coefficient (Wildman–Crippen LogP) is 5.11. The molecule has 2 aromatic rings. The molecule has 0 atom stereocenters. The van der Waals surface area contributed by atoms with Gasteiger partial charge in [-0.05, 0) is 24.6 Å². The summed E-state index contributed by atoms with van der Waals surface area (Å²) in [6, 6.07) is 2.57. The van der Waals surface area contributed by atoms with Crippen molar-refractivity contribution in [2.24, 2.45) is 21.8 Å². The molecule has 0 aliphatic heterocycles. The van der Waals surface area contributed by atoms with E-state index in [-0.39, 0.29) is 28.5 Å². The Labute approximate surface area is 195 Å². The maximum absolute atomic E-state index is 13.3. The molecular formula is C22H30F3N5O2S. The van der Waals surface area contributed by atoms with E-state index in [9.17, 15) is 18.0 Å². The van der Waals surface area contributed by atoms with E-state index < -0.39 is 17.6 Å². The highest BCUT2D eigenvalue weighted by molar-refractivity contribution is 7.09. The molecule has 0 aliphatic rings. The van der Waals surface area contributed by atoms with Gasteiger partial charge in [-0.1, -0.05) is 64.5 Å². The maximum atomic E-state index is 13.3. The van der Waals surface area contributed by atoms with Gasteiger partial charge in [0.25, 0.3) is 5.91 Å². The second kappa shape index (κ2) is 10.5. The number of aryl methyl sites for hydroxylation is 1. The molecule has 0 saturated carbocycles. The molecule has 1 aromatic carbocycles. The van der Waals surface area contributed by atoms with Gasteiger partial charge in [0.15, 0.2) is 5.75 Å². The SMILES string of the molecule is CCCCn1nc(C(C)(C)C)sc1=NC(=O)c1cc(C(F)(F)F)ccc1O/N=C(\N)C(C)C. The quantitative estimate of drug-likeness (QED) is 0.335. The summed E-state index contributed by atoms with van der Waals surface area (Å²) in [6.45, 7) is 12.1. The van der Waals surface area contributed by atoms with Crippen LogP contribution in [0.4, 0.5) is 13.2 Å². The van der Waals surface area contributed by atoms with Crippen molar-refractivity contribution in [3.63, 3.8) is 0 Å². The summed E-state index contributed by atoms with van der Waals surface area (Å²) in [5, 5.41) is 9.06. The van der Waals surface area contributed by atoms with Crippen LogP contribution in [0.25, 0.3) is 0 Å². The Kier molecular flexibility index (Phi) is 8.45. The van der Waals surface area contributed by atoms with Gasteiger partial charge in [0.1, 0.15) is 10.8 Å². The highest BCUT2D eigenvalue weighted by atomic mass is 32.1. The van der Waals surface area contributed by atoms with Crippen molar-refractivity contribution in [1.29, 1.82) is 0 Å². The van der Waals surface area contributed by atoms with Gasteiger partial charge in [0.05, 0.1) is 11.1 Å². The van der Waals surface area contributed by atoms with Crippen molar-refractivity contribution in [2.75, 3.05) is 0 Å². The zero-order chi connectivity index (χ0) is 25.0. The average molecular weight is 486 g/mol. The number of aromatic nitrogens is 2. The zero-order valence-electron chi connectivity index (χ0n) is 19.7. The average Bonchev–Trinajstić information content (AvgIpc) is 3.12. The van der Waals surface area contributed by atoms with Crippen molar-refractivity contribution in [3.8, 4) is 5.75 Å². The first-order valence-electron chi connectivity index (χ1n) is 10.6. The summed E-state index contributed by atoms with van der Waals surface area (Å²) >= 11 is 1.23. The smallest absolute Gasteiger partial charge is 0.384 e. The largest absolute Gasteiger partial charge is 0.416 e. The van der Waals surface area contributed by atoms with Gasteiger partial charge in [-0.2, -0.15) is 23.3 Å². The van der Waals surface area contributed by atoms with Crippen LogP contribution in [0.2, 0.25) is 0 Å². The van der Waals surface area contributed by atoms with E-state index >= 15 is 0 Å². The Morgan fingerprint density at radius 3 is 2.48 bits per heavy atom. The van der Waals surface area contributed by atoms with Gasteiger partial charge in [-0.25, -0.2) is 4.68 Å². The highest BCUT2D eigenvalue weighted by Crippen LogP contribution is 2.33. The molecule has 0 spiro atoms. The van der Waals surface area contributed by atoms with Gasteiger partial charge in [0.2, 0.25) is 4.80 Å². The number of carbonyl (C=O) groups excluding carboxylic acids is 1. The number of halogens is 3.